The zero-order valence-corrected chi connectivity index (χ0v) is 16.5. The SMILES string of the molecule is CCOC(=O)C1CCCN(C(=O)CN2N=C(c3ccc(C)cc3)CCC2=O)C1. The number of carbonyl (C=O) groups excluding carboxylic acids is 3. The maximum absolute atomic E-state index is 12.7. The van der Waals surface area contributed by atoms with E-state index in [0.29, 0.717) is 32.5 Å². The normalized spacial score (nSPS) is 20.0. The number of hydrogen-bond acceptors (Lipinski definition) is 5. The van der Waals surface area contributed by atoms with Crippen LogP contribution in [0.15, 0.2) is 29.4 Å². The van der Waals surface area contributed by atoms with Gasteiger partial charge >= 0.3 is 5.97 Å². The van der Waals surface area contributed by atoms with Crippen LogP contribution in [0, 0.1) is 12.8 Å². The Kier molecular flexibility index (Phi) is 6.44. The number of hydrogen-bond donors (Lipinski definition) is 0. The molecule has 1 fully saturated rings. The number of piperidine rings is 1. The molecular weight excluding hydrogens is 358 g/mol. The number of hydrazone groups is 1. The fraction of sp³-hybridized carbons (Fsp3) is 0.524. The summed E-state index contributed by atoms with van der Waals surface area (Å²) in [5.41, 5.74) is 2.94. The Balaban J connectivity index is 1.66. The van der Waals surface area contributed by atoms with E-state index in [9.17, 15) is 14.4 Å². The average molecular weight is 385 g/mol. The second kappa shape index (κ2) is 8.99. The standard InChI is InChI=1S/C21H27N3O4/c1-3-28-21(27)17-5-4-12-23(13-17)20(26)14-24-19(25)11-10-18(22-24)16-8-6-15(2)7-9-16/h6-9,17H,3-5,10-14H2,1-2H3. The monoisotopic (exact) mass is 385 g/mol. The van der Waals surface area contributed by atoms with Gasteiger partial charge in [-0.2, -0.15) is 5.10 Å². The van der Waals surface area contributed by atoms with Gasteiger partial charge < -0.3 is 9.64 Å². The van der Waals surface area contributed by atoms with Crippen molar-refractivity contribution in [2.24, 2.45) is 11.0 Å². The molecule has 1 aromatic carbocycles. The van der Waals surface area contributed by atoms with E-state index >= 15 is 0 Å². The van der Waals surface area contributed by atoms with Crippen molar-refractivity contribution in [2.45, 2.75) is 39.5 Å². The van der Waals surface area contributed by atoms with Crippen molar-refractivity contribution in [2.75, 3.05) is 26.2 Å². The molecule has 2 heterocycles. The van der Waals surface area contributed by atoms with Gasteiger partial charge in [0, 0.05) is 25.9 Å². The molecule has 0 spiro atoms. The number of rotatable bonds is 5. The van der Waals surface area contributed by atoms with Crippen LogP contribution in [0.4, 0.5) is 0 Å². The van der Waals surface area contributed by atoms with Gasteiger partial charge in [-0.3, -0.25) is 14.4 Å². The van der Waals surface area contributed by atoms with Crippen LogP contribution in [-0.4, -0.2) is 59.6 Å². The Hall–Kier alpha value is -2.70. The van der Waals surface area contributed by atoms with Crippen LogP contribution in [0.2, 0.25) is 0 Å². The lowest BCUT2D eigenvalue weighted by molar-refractivity contribution is -0.152. The van der Waals surface area contributed by atoms with Gasteiger partial charge in [-0.25, -0.2) is 5.01 Å². The third kappa shape index (κ3) is 4.77. The zero-order valence-electron chi connectivity index (χ0n) is 16.5. The Bertz CT molecular complexity index is 772. The molecule has 0 aliphatic carbocycles. The predicted molar refractivity (Wildman–Crippen MR) is 105 cm³/mol. The van der Waals surface area contributed by atoms with E-state index in [-0.39, 0.29) is 30.2 Å². The maximum Gasteiger partial charge on any atom is 0.310 e. The molecule has 1 unspecified atom stereocenters. The Morgan fingerprint density at radius 1 is 1.21 bits per heavy atom. The van der Waals surface area contributed by atoms with Gasteiger partial charge in [-0.15, -0.1) is 0 Å². The Morgan fingerprint density at radius 2 is 1.96 bits per heavy atom. The molecule has 150 valence electrons. The van der Waals surface area contributed by atoms with Crippen LogP contribution < -0.4 is 0 Å². The van der Waals surface area contributed by atoms with Crippen molar-refractivity contribution in [1.29, 1.82) is 0 Å². The lowest BCUT2D eigenvalue weighted by Crippen LogP contribution is -2.47. The lowest BCUT2D eigenvalue weighted by atomic mass is 9.98. The van der Waals surface area contributed by atoms with Crippen LogP contribution >= 0.6 is 0 Å². The molecule has 1 saturated heterocycles. The highest BCUT2D eigenvalue weighted by atomic mass is 16.5. The first kappa shape index (κ1) is 20.0. The molecule has 7 nitrogen and oxygen atoms in total. The first-order valence-electron chi connectivity index (χ1n) is 9.87. The van der Waals surface area contributed by atoms with Crippen molar-refractivity contribution in [3.8, 4) is 0 Å². The molecule has 1 atom stereocenters. The third-order valence-corrected chi connectivity index (χ3v) is 5.17. The summed E-state index contributed by atoms with van der Waals surface area (Å²) in [5.74, 6) is -0.880. The summed E-state index contributed by atoms with van der Waals surface area (Å²) in [7, 11) is 0. The molecule has 0 N–H and O–H groups in total. The topological polar surface area (TPSA) is 79.3 Å². The molecule has 0 bridgehead atoms. The van der Waals surface area contributed by atoms with Crippen LogP contribution in [0.1, 0.15) is 43.7 Å². The van der Waals surface area contributed by atoms with E-state index in [1.807, 2.05) is 31.2 Å². The minimum Gasteiger partial charge on any atom is -0.466 e. The van der Waals surface area contributed by atoms with Gasteiger partial charge in [0.15, 0.2) is 0 Å². The van der Waals surface area contributed by atoms with Crippen molar-refractivity contribution < 1.29 is 19.1 Å². The van der Waals surface area contributed by atoms with Crippen molar-refractivity contribution in [1.82, 2.24) is 9.91 Å². The van der Waals surface area contributed by atoms with E-state index in [1.165, 1.54) is 5.01 Å². The van der Waals surface area contributed by atoms with Gasteiger partial charge in [-0.1, -0.05) is 29.8 Å². The fourth-order valence-electron chi connectivity index (χ4n) is 3.56. The highest BCUT2D eigenvalue weighted by molar-refractivity contribution is 6.04. The molecule has 2 aliphatic rings. The highest BCUT2D eigenvalue weighted by Gasteiger charge is 2.31. The summed E-state index contributed by atoms with van der Waals surface area (Å²) in [4.78, 5) is 38.6. The second-order valence-corrected chi connectivity index (χ2v) is 7.30. The third-order valence-electron chi connectivity index (χ3n) is 5.17. The quantitative estimate of drug-likeness (QED) is 0.728. The van der Waals surface area contributed by atoms with E-state index in [2.05, 4.69) is 5.10 Å². The number of benzene rings is 1. The van der Waals surface area contributed by atoms with Gasteiger partial charge in [0.1, 0.15) is 6.54 Å². The summed E-state index contributed by atoms with van der Waals surface area (Å²) in [6.07, 6.45) is 2.38. The van der Waals surface area contributed by atoms with E-state index in [1.54, 1.807) is 11.8 Å². The van der Waals surface area contributed by atoms with E-state index in [0.717, 1.165) is 29.7 Å². The molecule has 0 radical (unpaired) electrons. The van der Waals surface area contributed by atoms with Gasteiger partial charge in [0.05, 0.1) is 18.2 Å². The maximum atomic E-state index is 12.7. The second-order valence-electron chi connectivity index (χ2n) is 7.30. The molecule has 0 saturated carbocycles. The fourth-order valence-corrected chi connectivity index (χ4v) is 3.56. The Morgan fingerprint density at radius 3 is 2.68 bits per heavy atom. The molecule has 28 heavy (non-hydrogen) atoms. The number of nitrogens with zero attached hydrogens (tertiary/aromatic N) is 3. The highest BCUT2D eigenvalue weighted by Crippen LogP contribution is 2.20. The lowest BCUT2D eigenvalue weighted by Gasteiger charge is -2.33. The minimum absolute atomic E-state index is 0.0935. The van der Waals surface area contributed by atoms with Crippen LogP contribution in [0.5, 0.6) is 0 Å². The molecule has 2 amide bonds. The number of esters is 1. The summed E-state index contributed by atoms with van der Waals surface area (Å²) in [6, 6.07) is 7.98. The number of carbonyl (C=O) groups is 3. The van der Waals surface area contributed by atoms with Crippen LogP contribution in [-0.2, 0) is 19.1 Å². The summed E-state index contributed by atoms with van der Waals surface area (Å²) in [5, 5.41) is 5.72. The molecule has 1 aromatic rings. The number of aryl methyl sites for hydroxylation is 1. The zero-order chi connectivity index (χ0) is 20.1. The van der Waals surface area contributed by atoms with E-state index < -0.39 is 0 Å². The summed E-state index contributed by atoms with van der Waals surface area (Å²) >= 11 is 0. The smallest absolute Gasteiger partial charge is 0.310 e. The molecule has 7 heteroatoms. The number of amides is 2. The molecule has 3 rings (SSSR count). The summed E-state index contributed by atoms with van der Waals surface area (Å²) < 4.78 is 5.08. The largest absolute Gasteiger partial charge is 0.466 e. The first-order valence-corrected chi connectivity index (χ1v) is 9.87. The molecular formula is C21H27N3O4. The number of likely N-dealkylation sites (tertiary alicyclic amines) is 1. The van der Waals surface area contributed by atoms with Gasteiger partial charge in [0.2, 0.25) is 11.8 Å². The van der Waals surface area contributed by atoms with Crippen molar-refractivity contribution in [3.05, 3.63) is 35.4 Å². The first-order chi connectivity index (χ1) is 13.5. The van der Waals surface area contributed by atoms with Crippen LogP contribution in [0.3, 0.4) is 0 Å². The molecule has 2 aliphatic heterocycles. The van der Waals surface area contributed by atoms with E-state index in [4.69, 9.17) is 4.74 Å². The van der Waals surface area contributed by atoms with Gasteiger partial charge in [0.25, 0.3) is 0 Å². The molecule has 0 aromatic heterocycles. The average Bonchev–Trinajstić information content (AvgIpc) is 2.70. The predicted octanol–water partition coefficient (Wildman–Crippen LogP) is 2.12. The van der Waals surface area contributed by atoms with Crippen molar-refractivity contribution >= 4 is 23.5 Å². The van der Waals surface area contributed by atoms with Gasteiger partial charge in [-0.05, 0) is 32.3 Å². The summed E-state index contributed by atoms with van der Waals surface area (Å²) in [6.45, 7) is 4.96. The van der Waals surface area contributed by atoms with Crippen LogP contribution in [0.25, 0.3) is 0 Å². The number of ether oxygens (including phenoxy) is 1. The van der Waals surface area contributed by atoms with Crippen molar-refractivity contribution in [3.63, 3.8) is 0 Å². The minimum atomic E-state index is -0.290. The Labute approximate surface area is 165 Å².